The molecule has 0 saturated carbocycles. The van der Waals surface area contributed by atoms with Gasteiger partial charge in [-0.3, -0.25) is 16.8 Å². The first kappa shape index (κ1) is 62.2. The van der Waals surface area contributed by atoms with Gasteiger partial charge in [-0.15, -0.1) is 0 Å². The molecule has 1 radical (unpaired) electrons. The van der Waals surface area contributed by atoms with Crippen LogP contribution in [0.25, 0.3) is 0 Å². The third-order valence-corrected chi connectivity index (χ3v) is 0. The van der Waals surface area contributed by atoms with E-state index < -0.39 is 20.8 Å². The molecule has 10 N–H and O–H groups in total. The van der Waals surface area contributed by atoms with Crippen molar-refractivity contribution in [1.29, 1.82) is 0 Å². The fourth-order valence-electron chi connectivity index (χ4n) is 0. The SMILES string of the molecule is O.O.O.O.O.O=S(=O)([O-])[O-].O=S(=O)([O-])[O-].[Cr+3].[K+]. The molecular formula is H10CrKO13S2. The molecule has 17 heteroatoms. The van der Waals surface area contributed by atoms with Crippen LogP contribution in [-0.4, -0.2) is 62.4 Å². The van der Waals surface area contributed by atoms with Crippen molar-refractivity contribution < 1.29 is 131 Å². The Labute approximate surface area is 150 Å². The predicted octanol–water partition coefficient (Wildman–Crippen LogP) is -9.80. The second-order valence-corrected chi connectivity index (χ2v) is 2.45. The van der Waals surface area contributed by atoms with Gasteiger partial charge in [0.2, 0.25) is 0 Å². The molecule has 0 aromatic rings. The van der Waals surface area contributed by atoms with E-state index in [0.717, 1.165) is 0 Å². The minimum Gasteiger partial charge on any atom is -0.759 e. The van der Waals surface area contributed by atoms with Gasteiger partial charge in [0, 0.05) is 20.8 Å². The molecule has 0 heterocycles. The van der Waals surface area contributed by atoms with Crippen LogP contribution < -0.4 is 51.4 Å². The molecule has 17 heavy (non-hydrogen) atoms. The Kier molecular flexibility index (Phi) is 96.3. The molecule has 0 aromatic heterocycles. The van der Waals surface area contributed by atoms with E-state index in [0.29, 0.717) is 0 Å². The van der Waals surface area contributed by atoms with E-state index in [2.05, 4.69) is 0 Å². The van der Waals surface area contributed by atoms with Crippen LogP contribution in [0.3, 0.4) is 0 Å². The van der Waals surface area contributed by atoms with Gasteiger partial charge in [-0.25, -0.2) is 0 Å². The summed E-state index contributed by atoms with van der Waals surface area (Å²) in [4.78, 5) is 0. The first-order chi connectivity index (χ1) is 4.00. The summed E-state index contributed by atoms with van der Waals surface area (Å²) in [5, 5.41) is 0. The molecule has 0 aliphatic carbocycles. The molecule has 107 valence electrons. The zero-order valence-electron chi connectivity index (χ0n) is 7.99. The summed E-state index contributed by atoms with van der Waals surface area (Å²) in [7, 11) is -10.3. The average Bonchev–Trinajstić information content (AvgIpc) is 1.12. The Hall–Kier alpha value is 1.71. The molecule has 0 amide bonds. The predicted molar refractivity (Wildman–Crippen MR) is 39.0 cm³/mol. The Bertz CT molecular complexity index is 216. The summed E-state index contributed by atoms with van der Waals surface area (Å²) < 4.78 is 68.2. The summed E-state index contributed by atoms with van der Waals surface area (Å²) in [6.45, 7) is 0. The average molecular weight is 373 g/mol. The molecule has 0 aromatic carbocycles. The van der Waals surface area contributed by atoms with Crippen LogP contribution in [0.2, 0.25) is 0 Å². The van der Waals surface area contributed by atoms with Crippen LogP contribution in [0.5, 0.6) is 0 Å². The maximum atomic E-state index is 8.52. The Morgan fingerprint density at radius 3 is 0.529 bits per heavy atom. The Morgan fingerprint density at radius 1 is 0.529 bits per heavy atom. The zero-order chi connectivity index (χ0) is 9.00. The van der Waals surface area contributed by atoms with Gasteiger partial charge in [0.1, 0.15) is 0 Å². The van der Waals surface area contributed by atoms with Crippen molar-refractivity contribution >= 4 is 20.8 Å². The van der Waals surface area contributed by atoms with Crippen molar-refractivity contribution in [2.24, 2.45) is 0 Å². The van der Waals surface area contributed by atoms with E-state index in [9.17, 15) is 0 Å². The topological polar surface area (TPSA) is 318 Å². The molecule has 0 unspecified atom stereocenters. The van der Waals surface area contributed by atoms with E-state index in [4.69, 9.17) is 35.0 Å². The largest absolute Gasteiger partial charge is 3.00 e. The van der Waals surface area contributed by atoms with Crippen LogP contribution in [0, 0.1) is 0 Å². The monoisotopic (exact) mass is 373 g/mol. The molecule has 0 saturated heterocycles. The standard InChI is InChI=1S/Cr.K.2H2O4S.5H2O/c;;2*1-5(2,3)4;;;;;/h;;2*(H2,1,2,3,4);5*1H2/q+3;+1;;;;;;;/p-4. The van der Waals surface area contributed by atoms with E-state index in [1.54, 1.807) is 0 Å². The van der Waals surface area contributed by atoms with Crippen molar-refractivity contribution in [3.05, 3.63) is 0 Å². The van der Waals surface area contributed by atoms with Crippen LogP contribution in [0.1, 0.15) is 0 Å². The third kappa shape index (κ3) is 1500. The fraction of sp³-hybridized carbons (Fsp3) is 0. The second kappa shape index (κ2) is 26.3. The second-order valence-electron chi connectivity index (χ2n) is 0.816. The molecule has 0 bridgehead atoms. The van der Waals surface area contributed by atoms with Crippen molar-refractivity contribution in [2.75, 3.05) is 0 Å². The van der Waals surface area contributed by atoms with Crippen molar-refractivity contribution in [2.45, 2.75) is 0 Å². The van der Waals surface area contributed by atoms with Gasteiger partial charge in [-0.2, -0.15) is 0 Å². The van der Waals surface area contributed by atoms with E-state index >= 15 is 0 Å². The van der Waals surface area contributed by atoms with Crippen LogP contribution in [0.4, 0.5) is 0 Å². The first-order valence-corrected chi connectivity index (χ1v) is 4.00. The van der Waals surface area contributed by atoms with Crippen LogP contribution >= 0.6 is 0 Å². The first-order valence-electron chi connectivity index (χ1n) is 1.33. The van der Waals surface area contributed by atoms with Crippen LogP contribution in [-0.2, 0) is 38.2 Å². The number of hydrogen-bond donors (Lipinski definition) is 0. The molecule has 13 nitrogen and oxygen atoms in total. The van der Waals surface area contributed by atoms with Gasteiger partial charge in [0.15, 0.2) is 0 Å². The number of rotatable bonds is 0. The third-order valence-electron chi connectivity index (χ3n) is 0. The van der Waals surface area contributed by atoms with Gasteiger partial charge in [-0.05, 0) is 0 Å². The van der Waals surface area contributed by atoms with Crippen molar-refractivity contribution in [3.63, 3.8) is 0 Å². The molecular weight excluding hydrogens is 363 g/mol. The van der Waals surface area contributed by atoms with Gasteiger partial charge >= 0.3 is 68.7 Å². The van der Waals surface area contributed by atoms with Crippen LogP contribution in [0.15, 0.2) is 0 Å². The molecule has 0 atom stereocenters. The Morgan fingerprint density at radius 2 is 0.529 bits per heavy atom. The molecule has 0 rings (SSSR count). The maximum Gasteiger partial charge on any atom is 3.00 e. The van der Waals surface area contributed by atoms with Gasteiger partial charge in [-0.1, -0.05) is 0 Å². The molecule has 0 spiro atoms. The Balaban J connectivity index is -0.00000000762. The maximum absolute atomic E-state index is 8.52. The molecule has 0 aliphatic rings. The number of hydrogen-bond acceptors (Lipinski definition) is 8. The quantitative estimate of drug-likeness (QED) is 0.222. The van der Waals surface area contributed by atoms with Crippen molar-refractivity contribution in [1.82, 2.24) is 0 Å². The van der Waals surface area contributed by atoms with E-state index in [1.807, 2.05) is 0 Å². The fourth-order valence-corrected chi connectivity index (χ4v) is 0. The van der Waals surface area contributed by atoms with Gasteiger partial charge in [0.05, 0.1) is 0 Å². The van der Waals surface area contributed by atoms with Crippen molar-refractivity contribution in [3.8, 4) is 0 Å². The summed E-state index contributed by atoms with van der Waals surface area (Å²) in [5.74, 6) is 0. The van der Waals surface area contributed by atoms with E-state index in [-0.39, 0.29) is 96.1 Å². The molecule has 0 fully saturated rings. The summed E-state index contributed by atoms with van der Waals surface area (Å²) in [5.41, 5.74) is 0. The molecule has 0 aliphatic heterocycles. The summed E-state index contributed by atoms with van der Waals surface area (Å²) in [6, 6.07) is 0. The summed E-state index contributed by atoms with van der Waals surface area (Å²) in [6.07, 6.45) is 0. The minimum absolute atomic E-state index is 0. The van der Waals surface area contributed by atoms with Gasteiger partial charge < -0.3 is 45.6 Å². The zero-order valence-corrected chi connectivity index (χ0v) is 14.0. The van der Waals surface area contributed by atoms with Gasteiger partial charge in [0.25, 0.3) is 0 Å². The minimum atomic E-state index is -5.17. The van der Waals surface area contributed by atoms with E-state index in [1.165, 1.54) is 0 Å². The summed E-state index contributed by atoms with van der Waals surface area (Å²) >= 11 is 0. The normalized spacial score (nSPS) is 6.82. The smallest absolute Gasteiger partial charge is 0.759 e.